The Morgan fingerprint density at radius 3 is 2.55 bits per heavy atom. The average Bonchev–Trinajstić information content (AvgIpc) is 2.43. The van der Waals surface area contributed by atoms with Crippen LogP contribution in [-0.4, -0.2) is 12.1 Å². The minimum atomic E-state index is -0.819. The Morgan fingerprint density at radius 1 is 1.25 bits per heavy atom. The van der Waals surface area contributed by atoms with Gasteiger partial charge >= 0.3 is 5.97 Å². The van der Waals surface area contributed by atoms with Crippen molar-refractivity contribution in [3.05, 3.63) is 48.1 Å². The van der Waals surface area contributed by atoms with E-state index in [-0.39, 0.29) is 24.4 Å². The molecule has 1 aliphatic rings. The lowest BCUT2D eigenvalue weighted by Gasteiger charge is -2.28. The number of halogens is 2. The van der Waals surface area contributed by atoms with Gasteiger partial charge in [0.05, 0.1) is 6.42 Å². The van der Waals surface area contributed by atoms with E-state index in [4.69, 9.17) is 4.74 Å². The summed E-state index contributed by atoms with van der Waals surface area (Å²) in [6.07, 6.45) is 4.83. The molecule has 1 fully saturated rings. The van der Waals surface area contributed by atoms with E-state index in [0.29, 0.717) is 0 Å². The molecule has 0 radical (unpaired) electrons. The molecule has 1 saturated carbocycles. The standard InChI is InChI=1S/C16H18F2O2/c1-2-3-16(19)20-13-7-4-11(5-8-13)12-6-9-14(17)15(18)10-12/h2,6,9-11,13H,1,3-5,7-8H2. The van der Waals surface area contributed by atoms with Gasteiger partial charge < -0.3 is 4.74 Å². The third kappa shape index (κ3) is 3.65. The summed E-state index contributed by atoms with van der Waals surface area (Å²) in [4.78, 5) is 11.4. The van der Waals surface area contributed by atoms with Gasteiger partial charge in [0.25, 0.3) is 0 Å². The molecule has 1 aliphatic carbocycles. The number of hydrogen-bond donors (Lipinski definition) is 0. The fourth-order valence-corrected chi connectivity index (χ4v) is 2.63. The van der Waals surface area contributed by atoms with Gasteiger partial charge in [-0.05, 0) is 49.3 Å². The third-order valence-electron chi connectivity index (χ3n) is 3.70. The Balaban J connectivity index is 1.89. The molecule has 2 nitrogen and oxygen atoms in total. The molecule has 20 heavy (non-hydrogen) atoms. The zero-order chi connectivity index (χ0) is 14.5. The molecule has 0 N–H and O–H groups in total. The minimum absolute atomic E-state index is 0.0657. The van der Waals surface area contributed by atoms with Crippen molar-refractivity contribution in [1.29, 1.82) is 0 Å². The molecule has 0 unspecified atom stereocenters. The summed E-state index contributed by atoms with van der Waals surface area (Å²) in [5.74, 6) is -1.67. The number of carbonyl (C=O) groups excluding carboxylic acids is 1. The van der Waals surface area contributed by atoms with Crippen LogP contribution < -0.4 is 0 Å². The Kier molecular flexibility index (Phi) is 4.88. The molecule has 0 amide bonds. The van der Waals surface area contributed by atoms with Gasteiger partial charge in [-0.25, -0.2) is 8.78 Å². The molecular weight excluding hydrogens is 262 g/mol. The lowest BCUT2D eigenvalue weighted by Crippen LogP contribution is -2.23. The Hall–Kier alpha value is -1.71. The maximum Gasteiger partial charge on any atom is 0.309 e. The lowest BCUT2D eigenvalue weighted by atomic mass is 9.82. The molecule has 108 valence electrons. The minimum Gasteiger partial charge on any atom is -0.462 e. The van der Waals surface area contributed by atoms with Crippen LogP contribution in [0.5, 0.6) is 0 Å². The van der Waals surface area contributed by atoms with Crippen LogP contribution in [0, 0.1) is 11.6 Å². The zero-order valence-electron chi connectivity index (χ0n) is 11.3. The summed E-state index contributed by atoms with van der Waals surface area (Å²) in [5, 5.41) is 0. The van der Waals surface area contributed by atoms with Gasteiger partial charge in [0, 0.05) is 0 Å². The summed E-state index contributed by atoms with van der Waals surface area (Å²) in [5.41, 5.74) is 0.819. The first-order chi connectivity index (χ1) is 9.60. The number of benzene rings is 1. The predicted octanol–water partition coefficient (Wildman–Crippen LogP) is 4.11. The van der Waals surface area contributed by atoms with E-state index in [0.717, 1.165) is 31.2 Å². The summed E-state index contributed by atoms with van der Waals surface area (Å²) in [6.45, 7) is 3.49. The first-order valence-corrected chi connectivity index (χ1v) is 6.85. The highest BCUT2D eigenvalue weighted by atomic mass is 19.2. The second kappa shape index (κ2) is 6.64. The van der Waals surface area contributed by atoms with Crippen LogP contribution in [-0.2, 0) is 9.53 Å². The smallest absolute Gasteiger partial charge is 0.309 e. The maximum absolute atomic E-state index is 13.2. The van der Waals surface area contributed by atoms with Crippen LogP contribution >= 0.6 is 0 Å². The molecule has 0 aromatic heterocycles. The second-order valence-corrected chi connectivity index (χ2v) is 5.13. The normalized spacial score (nSPS) is 22.3. The van der Waals surface area contributed by atoms with E-state index in [1.807, 2.05) is 0 Å². The quantitative estimate of drug-likeness (QED) is 0.613. The van der Waals surface area contributed by atoms with Crippen molar-refractivity contribution in [2.24, 2.45) is 0 Å². The number of esters is 1. The van der Waals surface area contributed by atoms with E-state index in [9.17, 15) is 13.6 Å². The second-order valence-electron chi connectivity index (χ2n) is 5.13. The summed E-state index contributed by atoms with van der Waals surface area (Å²) < 4.78 is 31.4. The Bertz CT molecular complexity index is 491. The van der Waals surface area contributed by atoms with Crippen LogP contribution in [0.1, 0.15) is 43.6 Å². The van der Waals surface area contributed by atoms with E-state index < -0.39 is 11.6 Å². The highest BCUT2D eigenvalue weighted by molar-refractivity contribution is 5.71. The number of ether oxygens (including phenoxy) is 1. The summed E-state index contributed by atoms with van der Waals surface area (Å²) in [6, 6.07) is 4.07. The van der Waals surface area contributed by atoms with Crippen molar-refractivity contribution in [2.75, 3.05) is 0 Å². The van der Waals surface area contributed by atoms with Crippen LogP contribution in [0.25, 0.3) is 0 Å². The largest absolute Gasteiger partial charge is 0.462 e. The van der Waals surface area contributed by atoms with Crippen molar-refractivity contribution in [3.63, 3.8) is 0 Å². The van der Waals surface area contributed by atoms with Crippen molar-refractivity contribution in [3.8, 4) is 0 Å². The molecule has 0 atom stereocenters. The molecule has 2 rings (SSSR count). The molecule has 0 aliphatic heterocycles. The van der Waals surface area contributed by atoms with Gasteiger partial charge in [-0.2, -0.15) is 0 Å². The van der Waals surface area contributed by atoms with E-state index >= 15 is 0 Å². The SMILES string of the molecule is C=CCC(=O)OC1CCC(c2ccc(F)c(F)c2)CC1. The average molecular weight is 280 g/mol. The lowest BCUT2D eigenvalue weighted by molar-refractivity contribution is -0.149. The molecule has 0 heterocycles. The van der Waals surface area contributed by atoms with Gasteiger partial charge in [0.2, 0.25) is 0 Å². The first kappa shape index (κ1) is 14.7. The van der Waals surface area contributed by atoms with Crippen LogP contribution in [0.4, 0.5) is 8.78 Å². The van der Waals surface area contributed by atoms with Crippen LogP contribution in [0.3, 0.4) is 0 Å². The molecule has 1 aromatic rings. The van der Waals surface area contributed by atoms with Gasteiger partial charge in [0.1, 0.15) is 6.10 Å². The van der Waals surface area contributed by atoms with Gasteiger partial charge in [-0.1, -0.05) is 12.1 Å². The number of rotatable bonds is 4. The Labute approximate surface area is 117 Å². The van der Waals surface area contributed by atoms with Crippen LogP contribution in [0.15, 0.2) is 30.9 Å². The van der Waals surface area contributed by atoms with E-state index in [2.05, 4.69) is 6.58 Å². The molecule has 0 saturated heterocycles. The Morgan fingerprint density at radius 2 is 1.95 bits per heavy atom. The topological polar surface area (TPSA) is 26.3 Å². The fourth-order valence-electron chi connectivity index (χ4n) is 2.63. The number of carbonyl (C=O) groups is 1. The van der Waals surface area contributed by atoms with Crippen molar-refractivity contribution >= 4 is 5.97 Å². The fraction of sp³-hybridized carbons (Fsp3) is 0.438. The monoisotopic (exact) mass is 280 g/mol. The van der Waals surface area contributed by atoms with Crippen LogP contribution in [0.2, 0.25) is 0 Å². The third-order valence-corrected chi connectivity index (χ3v) is 3.70. The molecule has 4 heteroatoms. The highest BCUT2D eigenvalue weighted by Crippen LogP contribution is 2.34. The molecule has 0 spiro atoms. The molecule has 0 bridgehead atoms. The van der Waals surface area contributed by atoms with E-state index in [1.165, 1.54) is 18.2 Å². The van der Waals surface area contributed by atoms with Crippen molar-refractivity contribution in [1.82, 2.24) is 0 Å². The molecular formula is C16H18F2O2. The highest BCUT2D eigenvalue weighted by Gasteiger charge is 2.25. The van der Waals surface area contributed by atoms with Gasteiger partial charge in [0.15, 0.2) is 11.6 Å². The van der Waals surface area contributed by atoms with Gasteiger partial charge in [-0.3, -0.25) is 4.79 Å². The van der Waals surface area contributed by atoms with Crippen molar-refractivity contribution in [2.45, 2.75) is 44.1 Å². The first-order valence-electron chi connectivity index (χ1n) is 6.85. The van der Waals surface area contributed by atoms with Crippen molar-refractivity contribution < 1.29 is 18.3 Å². The zero-order valence-corrected chi connectivity index (χ0v) is 11.3. The predicted molar refractivity (Wildman–Crippen MR) is 72.3 cm³/mol. The van der Waals surface area contributed by atoms with E-state index in [1.54, 1.807) is 6.07 Å². The molecule has 1 aromatic carbocycles. The summed E-state index contributed by atoms with van der Waals surface area (Å²) >= 11 is 0. The number of hydrogen-bond acceptors (Lipinski definition) is 2. The van der Waals surface area contributed by atoms with Gasteiger partial charge in [-0.15, -0.1) is 6.58 Å². The summed E-state index contributed by atoms with van der Waals surface area (Å²) in [7, 11) is 0. The maximum atomic E-state index is 13.2.